The highest BCUT2D eigenvalue weighted by molar-refractivity contribution is 5.66. The summed E-state index contributed by atoms with van der Waals surface area (Å²) >= 11 is 0. The van der Waals surface area contributed by atoms with Gasteiger partial charge in [0.25, 0.3) is 0 Å². The summed E-state index contributed by atoms with van der Waals surface area (Å²) in [6, 6.07) is 4.55. The van der Waals surface area contributed by atoms with E-state index < -0.39 is 10.9 Å². The Morgan fingerprint density at radius 1 is 1.56 bits per heavy atom. The minimum absolute atomic E-state index is 0.0823. The molecule has 1 N–H and O–H groups in total. The summed E-state index contributed by atoms with van der Waals surface area (Å²) < 4.78 is 5.12. The van der Waals surface area contributed by atoms with Crippen molar-refractivity contribution in [3.63, 3.8) is 0 Å². The summed E-state index contributed by atoms with van der Waals surface area (Å²) in [5.74, 6) is -0.870. The Morgan fingerprint density at radius 2 is 2.25 bits per heavy atom. The minimum atomic E-state index is -1.00. The number of aliphatic carboxylic acids is 1. The van der Waals surface area contributed by atoms with Crippen LogP contribution in [0.5, 0.6) is 5.75 Å². The van der Waals surface area contributed by atoms with Gasteiger partial charge in [-0.3, -0.25) is 14.9 Å². The lowest BCUT2D eigenvalue weighted by molar-refractivity contribution is -0.385. The normalized spacial score (nSPS) is 9.81. The van der Waals surface area contributed by atoms with Crippen LogP contribution in [-0.2, 0) is 4.79 Å². The number of ether oxygens (including phenoxy) is 1. The second-order valence-corrected chi connectivity index (χ2v) is 3.17. The lowest BCUT2D eigenvalue weighted by Gasteiger charge is -2.07. The van der Waals surface area contributed by atoms with Gasteiger partial charge in [-0.05, 0) is 12.5 Å². The Kier molecular flexibility index (Phi) is 3.82. The number of hydrogen-bond acceptors (Lipinski definition) is 4. The molecule has 0 aliphatic heterocycles. The van der Waals surface area contributed by atoms with Crippen LogP contribution >= 0.6 is 0 Å². The maximum atomic E-state index is 10.7. The van der Waals surface area contributed by atoms with Gasteiger partial charge < -0.3 is 9.84 Å². The van der Waals surface area contributed by atoms with Crippen molar-refractivity contribution in [1.82, 2.24) is 0 Å². The zero-order chi connectivity index (χ0) is 12.1. The molecular weight excluding hydrogens is 214 g/mol. The first kappa shape index (κ1) is 12.0. The van der Waals surface area contributed by atoms with Gasteiger partial charge in [0.15, 0.2) is 5.75 Å². The molecule has 1 aromatic rings. The molecule has 0 aromatic heterocycles. The van der Waals surface area contributed by atoms with Crippen LogP contribution in [0.3, 0.4) is 0 Å². The number of nitrogens with zero attached hydrogens (tertiary/aromatic N) is 1. The van der Waals surface area contributed by atoms with Crippen molar-refractivity contribution >= 4 is 11.7 Å². The number of nitro benzene ring substituents is 1. The third-order valence-corrected chi connectivity index (χ3v) is 1.95. The Bertz CT molecular complexity index is 416. The summed E-state index contributed by atoms with van der Waals surface area (Å²) in [6.45, 7) is 1.59. The van der Waals surface area contributed by atoms with Crippen molar-refractivity contribution in [3.8, 4) is 5.75 Å². The molecule has 0 saturated heterocycles. The molecule has 0 radical (unpaired) electrons. The van der Waals surface area contributed by atoms with E-state index in [0.717, 1.165) is 0 Å². The third-order valence-electron chi connectivity index (χ3n) is 1.95. The van der Waals surface area contributed by atoms with Gasteiger partial charge in [0.1, 0.15) is 0 Å². The number of rotatable bonds is 5. The average Bonchev–Trinajstić information content (AvgIpc) is 2.19. The van der Waals surface area contributed by atoms with E-state index in [4.69, 9.17) is 9.84 Å². The topological polar surface area (TPSA) is 89.7 Å². The van der Waals surface area contributed by atoms with Crippen LogP contribution in [0.4, 0.5) is 5.69 Å². The second-order valence-electron chi connectivity index (χ2n) is 3.17. The van der Waals surface area contributed by atoms with E-state index in [-0.39, 0.29) is 24.5 Å². The van der Waals surface area contributed by atoms with Crippen LogP contribution in [0, 0.1) is 17.0 Å². The maximum Gasteiger partial charge on any atom is 0.311 e. The third kappa shape index (κ3) is 2.94. The van der Waals surface area contributed by atoms with E-state index in [0.29, 0.717) is 5.56 Å². The summed E-state index contributed by atoms with van der Waals surface area (Å²) in [5, 5.41) is 19.1. The van der Waals surface area contributed by atoms with Gasteiger partial charge in [-0.2, -0.15) is 0 Å². The smallest absolute Gasteiger partial charge is 0.311 e. The van der Waals surface area contributed by atoms with Crippen LogP contribution in [0.2, 0.25) is 0 Å². The fraction of sp³-hybridized carbons (Fsp3) is 0.300. The molecule has 0 unspecified atom stereocenters. The quantitative estimate of drug-likeness (QED) is 0.609. The number of para-hydroxylation sites is 1. The lowest BCUT2D eigenvalue weighted by atomic mass is 10.2. The monoisotopic (exact) mass is 225 g/mol. The predicted octanol–water partition coefficient (Wildman–Crippen LogP) is 1.76. The number of carboxylic acids is 1. The first-order valence-corrected chi connectivity index (χ1v) is 4.61. The highest BCUT2D eigenvalue weighted by Crippen LogP contribution is 2.30. The summed E-state index contributed by atoms with van der Waals surface area (Å²) in [4.78, 5) is 20.4. The molecule has 0 bridgehead atoms. The number of aryl methyl sites for hydroxylation is 1. The lowest BCUT2D eigenvalue weighted by Crippen LogP contribution is -2.07. The Morgan fingerprint density at radius 3 is 2.81 bits per heavy atom. The molecular formula is C10H11NO5. The SMILES string of the molecule is Cc1cccc([N+](=O)[O-])c1OCCC(=O)O. The van der Waals surface area contributed by atoms with Gasteiger partial charge in [0, 0.05) is 6.07 Å². The van der Waals surface area contributed by atoms with E-state index in [1.165, 1.54) is 6.07 Å². The Hall–Kier alpha value is -2.11. The van der Waals surface area contributed by atoms with Crippen LogP contribution in [0.1, 0.15) is 12.0 Å². The van der Waals surface area contributed by atoms with Gasteiger partial charge in [-0.1, -0.05) is 12.1 Å². The van der Waals surface area contributed by atoms with Crippen LogP contribution < -0.4 is 4.74 Å². The molecule has 6 heteroatoms. The van der Waals surface area contributed by atoms with Crippen molar-refractivity contribution < 1.29 is 19.6 Å². The van der Waals surface area contributed by atoms with Gasteiger partial charge in [-0.25, -0.2) is 0 Å². The van der Waals surface area contributed by atoms with E-state index >= 15 is 0 Å². The van der Waals surface area contributed by atoms with Crippen LogP contribution in [-0.4, -0.2) is 22.6 Å². The van der Waals surface area contributed by atoms with E-state index in [9.17, 15) is 14.9 Å². The molecule has 0 spiro atoms. The first-order chi connectivity index (χ1) is 7.52. The molecule has 16 heavy (non-hydrogen) atoms. The zero-order valence-electron chi connectivity index (χ0n) is 8.67. The Balaban J connectivity index is 2.84. The minimum Gasteiger partial charge on any atom is -0.486 e. The van der Waals surface area contributed by atoms with E-state index in [1.54, 1.807) is 19.1 Å². The molecule has 0 aliphatic carbocycles. The second kappa shape index (κ2) is 5.11. The number of nitro groups is 1. The van der Waals surface area contributed by atoms with Gasteiger partial charge in [0.2, 0.25) is 0 Å². The molecule has 0 amide bonds. The molecule has 0 atom stereocenters. The van der Waals surface area contributed by atoms with E-state index in [1.807, 2.05) is 0 Å². The van der Waals surface area contributed by atoms with Crippen molar-refractivity contribution in [3.05, 3.63) is 33.9 Å². The average molecular weight is 225 g/mol. The number of carbonyl (C=O) groups is 1. The summed E-state index contributed by atoms with van der Waals surface area (Å²) in [6.07, 6.45) is -0.189. The molecule has 0 aliphatic rings. The molecule has 0 heterocycles. The molecule has 0 saturated carbocycles. The molecule has 1 aromatic carbocycles. The molecule has 6 nitrogen and oxygen atoms in total. The van der Waals surface area contributed by atoms with Crippen molar-refractivity contribution in [1.29, 1.82) is 0 Å². The van der Waals surface area contributed by atoms with Crippen molar-refractivity contribution in [2.75, 3.05) is 6.61 Å². The number of benzene rings is 1. The van der Waals surface area contributed by atoms with Crippen molar-refractivity contribution in [2.45, 2.75) is 13.3 Å². The highest BCUT2D eigenvalue weighted by Gasteiger charge is 2.16. The van der Waals surface area contributed by atoms with E-state index in [2.05, 4.69) is 0 Å². The van der Waals surface area contributed by atoms with Crippen molar-refractivity contribution in [2.24, 2.45) is 0 Å². The van der Waals surface area contributed by atoms with Gasteiger partial charge >= 0.3 is 11.7 Å². The molecule has 86 valence electrons. The van der Waals surface area contributed by atoms with Gasteiger partial charge in [0.05, 0.1) is 18.0 Å². The fourth-order valence-electron chi connectivity index (χ4n) is 1.21. The summed E-state index contributed by atoms with van der Waals surface area (Å²) in [5.41, 5.74) is 0.463. The largest absolute Gasteiger partial charge is 0.486 e. The highest BCUT2D eigenvalue weighted by atomic mass is 16.6. The first-order valence-electron chi connectivity index (χ1n) is 4.61. The van der Waals surface area contributed by atoms with Crippen LogP contribution in [0.25, 0.3) is 0 Å². The number of carboxylic acid groups (broad SMARTS) is 1. The predicted molar refractivity (Wildman–Crippen MR) is 55.6 cm³/mol. The fourth-order valence-corrected chi connectivity index (χ4v) is 1.21. The molecule has 1 rings (SSSR count). The van der Waals surface area contributed by atoms with Gasteiger partial charge in [-0.15, -0.1) is 0 Å². The zero-order valence-corrected chi connectivity index (χ0v) is 8.67. The Labute approximate surface area is 91.6 Å². The maximum absolute atomic E-state index is 10.7. The van der Waals surface area contributed by atoms with Crippen LogP contribution in [0.15, 0.2) is 18.2 Å². The molecule has 0 fully saturated rings. The number of hydrogen-bond donors (Lipinski definition) is 1. The standard InChI is InChI=1S/C10H11NO5/c1-7-3-2-4-8(11(14)15)10(7)16-6-5-9(12)13/h2-4H,5-6H2,1H3,(H,12,13). The summed E-state index contributed by atoms with van der Waals surface area (Å²) in [7, 11) is 0.